The summed E-state index contributed by atoms with van der Waals surface area (Å²) < 4.78 is 51.4. The van der Waals surface area contributed by atoms with Gasteiger partial charge in [0.2, 0.25) is 0 Å². The molecule has 0 spiro atoms. The van der Waals surface area contributed by atoms with E-state index in [2.05, 4.69) is 4.90 Å². The van der Waals surface area contributed by atoms with Crippen molar-refractivity contribution in [2.24, 2.45) is 5.92 Å². The first kappa shape index (κ1) is 26.0. The highest BCUT2D eigenvalue weighted by molar-refractivity contribution is 8.26. The quantitative estimate of drug-likeness (QED) is 0.527. The van der Waals surface area contributed by atoms with Crippen molar-refractivity contribution in [2.45, 2.75) is 38.7 Å². The van der Waals surface area contributed by atoms with Crippen molar-refractivity contribution in [2.75, 3.05) is 53.3 Å². The fourth-order valence-corrected chi connectivity index (χ4v) is 6.43. The van der Waals surface area contributed by atoms with E-state index in [0.29, 0.717) is 37.6 Å². The lowest BCUT2D eigenvalue weighted by atomic mass is 10.0. The Balaban J connectivity index is 1.38. The minimum atomic E-state index is -3.43. The first-order valence-electron chi connectivity index (χ1n) is 12.3. The van der Waals surface area contributed by atoms with E-state index >= 15 is 0 Å². The minimum absolute atomic E-state index is 0.124. The molecule has 1 aliphatic carbocycles. The number of nitrogens with zero attached hydrogens (tertiary/aromatic N) is 5. The Labute approximate surface area is 216 Å². The number of rotatable bonds is 5. The normalized spacial score (nSPS) is 23.2. The van der Waals surface area contributed by atoms with Gasteiger partial charge in [0.15, 0.2) is 0 Å². The summed E-state index contributed by atoms with van der Waals surface area (Å²) >= 11 is 0. The zero-order chi connectivity index (χ0) is 26.9. The molecule has 1 saturated carbocycles. The van der Waals surface area contributed by atoms with Crippen LogP contribution in [0.1, 0.15) is 25.8 Å². The average Bonchev–Trinajstić information content (AvgIpc) is 3.41. The molecule has 1 amide bonds. The van der Waals surface area contributed by atoms with Crippen LogP contribution >= 0.6 is 11.0 Å². The number of aliphatic hydroxyl groups is 1. The number of hydrogen-bond donors (Lipinski definition) is 3. The summed E-state index contributed by atoms with van der Waals surface area (Å²) in [6, 6.07) is 9.27. The van der Waals surface area contributed by atoms with Crippen LogP contribution in [0.2, 0.25) is 0 Å². The van der Waals surface area contributed by atoms with Crippen molar-refractivity contribution in [3.05, 3.63) is 35.9 Å². The van der Waals surface area contributed by atoms with Gasteiger partial charge in [-0.1, -0.05) is 12.1 Å². The molecular weight excluding hydrogens is 504 g/mol. The first-order valence-corrected chi connectivity index (χ1v) is 13.7. The molecule has 0 bridgehead atoms. The van der Waals surface area contributed by atoms with Crippen molar-refractivity contribution < 1.29 is 27.8 Å². The predicted molar refractivity (Wildman–Crippen MR) is 141 cm³/mol. The van der Waals surface area contributed by atoms with Crippen LogP contribution in [0.3, 0.4) is 0 Å². The number of halogens is 2. The maximum Gasteiger partial charge on any atom is 0.254 e. The Bertz CT molecular complexity index is 1230. The number of benzene rings is 1. The van der Waals surface area contributed by atoms with Gasteiger partial charge in [0, 0.05) is 57.7 Å². The van der Waals surface area contributed by atoms with Crippen molar-refractivity contribution in [1.29, 1.82) is 0 Å². The largest absolute Gasteiger partial charge is 0.381 e. The predicted octanol–water partition coefficient (Wildman–Crippen LogP) is 3.97. The molecule has 1 unspecified atom stereocenters. The number of anilines is 3. The Morgan fingerprint density at radius 1 is 1.14 bits per heavy atom. The van der Waals surface area contributed by atoms with E-state index in [1.165, 1.54) is 22.5 Å². The molecule has 1 atom stereocenters. The van der Waals surface area contributed by atoms with Crippen molar-refractivity contribution in [3.8, 4) is 11.3 Å². The van der Waals surface area contributed by atoms with Crippen LogP contribution in [0.15, 0.2) is 30.3 Å². The SMILES string of the molecule is Cc1ccc(N2CCN(C(=O)C(C)(C)O)CC2)nc1-c1ccc2c(c1)N(C)S(O)(O)N2CC1CC1(F)F. The standard InChI is InChI=1S/C25H33F2N5O4S/c1-16-5-8-21(30-9-11-31(12-10-30)23(33)24(2,3)34)28-22(16)17-6-7-19-20(13-17)29(4)37(35,36)32(19)15-18-14-25(18,26)27/h5-8,13,18,34-36H,9-12,14-15H2,1-4H3. The van der Waals surface area contributed by atoms with Gasteiger partial charge in [0.25, 0.3) is 11.8 Å². The molecule has 1 saturated heterocycles. The number of pyridine rings is 1. The van der Waals surface area contributed by atoms with Crippen molar-refractivity contribution in [3.63, 3.8) is 0 Å². The van der Waals surface area contributed by atoms with Crippen LogP contribution in [-0.4, -0.2) is 81.3 Å². The molecule has 12 heteroatoms. The number of aryl methyl sites for hydroxylation is 1. The van der Waals surface area contributed by atoms with E-state index in [1.54, 1.807) is 18.0 Å². The third kappa shape index (κ3) is 4.60. The van der Waals surface area contributed by atoms with Gasteiger partial charge in [-0.25, -0.2) is 13.8 Å². The molecule has 2 fully saturated rings. The number of carbonyl (C=O) groups excluding carboxylic acids is 1. The second-order valence-electron chi connectivity index (χ2n) is 10.6. The Hall–Kier alpha value is -2.67. The number of amides is 1. The third-order valence-corrected chi connectivity index (χ3v) is 9.23. The molecule has 1 aromatic carbocycles. The van der Waals surface area contributed by atoms with Crippen molar-refractivity contribution >= 4 is 34.1 Å². The van der Waals surface area contributed by atoms with Gasteiger partial charge in [0.1, 0.15) is 11.4 Å². The molecule has 3 heterocycles. The van der Waals surface area contributed by atoms with E-state index in [9.17, 15) is 27.8 Å². The summed E-state index contributed by atoms with van der Waals surface area (Å²) in [5.74, 6) is -3.19. The maximum atomic E-state index is 13.6. The molecule has 2 aliphatic heterocycles. The number of aromatic nitrogens is 1. The molecule has 9 nitrogen and oxygen atoms in total. The third-order valence-electron chi connectivity index (χ3n) is 7.36. The van der Waals surface area contributed by atoms with E-state index in [-0.39, 0.29) is 18.9 Å². The van der Waals surface area contributed by atoms with E-state index in [1.807, 2.05) is 31.2 Å². The van der Waals surface area contributed by atoms with Gasteiger partial charge in [-0.15, -0.1) is 0 Å². The molecule has 1 aromatic heterocycles. The van der Waals surface area contributed by atoms with Crippen molar-refractivity contribution in [1.82, 2.24) is 9.88 Å². The second kappa shape index (κ2) is 8.69. The van der Waals surface area contributed by atoms with E-state index in [4.69, 9.17) is 4.98 Å². The van der Waals surface area contributed by atoms with Crippen LogP contribution < -0.4 is 13.5 Å². The maximum absolute atomic E-state index is 13.6. The number of piperazine rings is 1. The summed E-state index contributed by atoms with van der Waals surface area (Å²) in [6.07, 6.45) is -0.244. The molecule has 202 valence electrons. The molecule has 37 heavy (non-hydrogen) atoms. The molecule has 5 rings (SSSR count). The minimum Gasteiger partial charge on any atom is -0.381 e. The van der Waals surface area contributed by atoms with Gasteiger partial charge in [-0.3, -0.25) is 22.5 Å². The molecule has 3 aliphatic rings. The Morgan fingerprint density at radius 3 is 2.38 bits per heavy atom. The molecule has 3 N–H and O–H groups in total. The first-order chi connectivity index (χ1) is 17.2. The highest BCUT2D eigenvalue weighted by Gasteiger charge is 2.59. The fourth-order valence-electron chi connectivity index (χ4n) is 4.92. The number of fused-ring (bicyclic) bond motifs is 1. The van der Waals surface area contributed by atoms with Crippen LogP contribution in [0.4, 0.5) is 26.0 Å². The number of alkyl halides is 2. The smallest absolute Gasteiger partial charge is 0.254 e. The monoisotopic (exact) mass is 537 g/mol. The Morgan fingerprint density at radius 2 is 1.78 bits per heavy atom. The summed E-state index contributed by atoms with van der Waals surface area (Å²) in [5, 5.41) is 10.0. The van der Waals surface area contributed by atoms with Gasteiger partial charge in [-0.2, -0.15) is 0 Å². The number of carbonyl (C=O) groups is 1. The highest BCUT2D eigenvalue weighted by Crippen LogP contribution is 2.63. The lowest BCUT2D eigenvalue weighted by molar-refractivity contribution is -0.148. The Kier molecular flexibility index (Phi) is 6.09. The van der Waals surface area contributed by atoms with Crippen LogP contribution in [0, 0.1) is 12.8 Å². The van der Waals surface area contributed by atoms with Gasteiger partial charge in [0.05, 0.1) is 17.1 Å². The summed E-state index contributed by atoms with van der Waals surface area (Å²) in [7, 11) is -1.88. The lowest BCUT2D eigenvalue weighted by Crippen LogP contribution is -2.54. The van der Waals surface area contributed by atoms with Crippen LogP contribution in [0.25, 0.3) is 11.3 Å². The topological polar surface area (TPSA) is 104 Å². The van der Waals surface area contributed by atoms with Gasteiger partial charge >= 0.3 is 0 Å². The fraction of sp³-hybridized carbons (Fsp3) is 0.520. The highest BCUT2D eigenvalue weighted by atomic mass is 32.3. The molecule has 0 radical (unpaired) electrons. The zero-order valence-electron chi connectivity index (χ0n) is 21.4. The van der Waals surface area contributed by atoms with Crippen LogP contribution in [-0.2, 0) is 4.79 Å². The molecular formula is C25H33F2N5O4S. The van der Waals surface area contributed by atoms with Gasteiger partial charge < -0.3 is 14.9 Å². The summed E-state index contributed by atoms with van der Waals surface area (Å²) in [4.78, 5) is 21.0. The number of hydrogen-bond acceptors (Lipinski definition) is 8. The van der Waals surface area contributed by atoms with Crippen LogP contribution in [0.5, 0.6) is 0 Å². The molecule has 2 aromatic rings. The van der Waals surface area contributed by atoms with E-state index in [0.717, 1.165) is 22.6 Å². The summed E-state index contributed by atoms with van der Waals surface area (Å²) in [5.41, 5.74) is 2.08. The van der Waals surface area contributed by atoms with E-state index < -0.39 is 28.4 Å². The average molecular weight is 538 g/mol. The zero-order valence-corrected chi connectivity index (χ0v) is 22.2. The lowest BCUT2D eigenvalue weighted by Gasteiger charge is -2.42. The second-order valence-corrected chi connectivity index (χ2v) is 12.6. The van der Waals surface area contributed by atoms with Gasteiger partial charge in [-0.05, 0) is 55.5 Å². The summed E-state index contributed by atoms with van der Waals surface area (Å²) in [6.45, 7) is 6.90.